The molecule has 0 unspecified atom stereocenters. The maximum atomic E-state index is 12.9. The summed E-state index contributed by atoms with van der Waals surface area (Å²) in [6.07, 6.45) is 4.61. The van der Waals surface area contributed by atoms with Crippen molar-refractivity contribution >= 4 is 17.2 Å². The summed E-state index contributed by atoms with van der Waals surface area (Å²) in [5, 5.41) is 1.94. The molecule has 1 fully saturated rings. The fourth-order valence-electron chi connectivity index (χ4n) is 4.50. The summed E-state index contributed by atoms with van der Waals surface area (Å²) in [7, 11) is 0. The Hall–Kier alpha value is -2.73. The number of carbonyl (C=O) groups is 1. The van der Waals surface area contributed by atoms with Crippen LogP contribution in [0.15, 0.2) is 59.0 Å². The zero-order valence-corrected chi connectivity index (χ0v) is 15.6. The molecule has 5 heterocycles. The van der Waals surface area contributed by atoms with E-state index in [-0.39, 0.29) is 17.4 Å². The molecule has 136 valence electrons. The number of aromatic nitrogens is 2. The molecule has 1 saturated heterocycles. The van der Waals surface area contributed by atoms with Crippen molar-refractivity contribution < 1.29 is 4.79 Å². The van der Waals surface area contributed by atoms with E-state index in [4.69, 9.17) is 0 Å². The van der Waals surface area contributed by atoms with E-state index in [1.165, 1.54) is 11.3 Å². The highest BCUT2D eigenvalue weighted by Gasteiger charge is 2.38. The minimum atomic E-state index is 0.0466. The maximum Gasteiger partial charge on any atom is 0.263 e. The molecule has 2 aliphatic rings. The van der Waals surface area contributed by atoms with Gasteiger partial charge >= 0.3 is 0 Å². The van der Waals surface area contributed by atoms with Gasteiger partial charge in [0.25, 0.3) is 11.5 Å². The van der Waals surface area contributed by atoms with Crippen molar-refractivity contribution in [2.75, 3.05) is 13.1 Å². The summed E-state index contributed by atoms with van der Waals surface area (Å²) in [6.45, 7) is 2.05. The van der Waals surface area contributed by atoms with Crippen molar-refractivity contribution in [2.24, 2.45) is 5.92 Å². The number of amides is 1. The molecular formula is C21H19N3O2S. The summed E-state index contributed by atoms with van der Waals surface area (Å²) in [4.78, 5) is 32.4. The van der Waals surface area contributed by atoms with Crippen LogP contribution < -0.4 is 5.56 Å². The van der Waals surface area contributed by atoms with Gasteiger partial charge in [0.15, 0.2) is 0 Å². The van der Waals surface area contributed by atoms with E-state index < -0.39 is 0 Å². The molecule has 1 amide bonds. The minimum absolute atomic E-state index is 0.0466. The number of likely N-dealkylation sites (tertiary alicyclic amines) is 1. The molecule has 3 aromatic heterocycles. The van der Waals surface area contributed by atoms with Crippen molar-refractivity contribution in [3.05, 3.63) is 75.1 Å². The lowest BCUT2D eigenvalue weighted by atomic mass is 9.80. The Morgan fingerprint density at radius 2 is 2.04 bits per heavy atom. The molecule has 0 saturated carbocycles. The highest BCUT2D eigenvalue weighted by molar-refractivity contribution is 7.12. The van der Waals surface area contributed by atoms with Crippen molar-refractivity contribution in [3.63, 3.8) is 0 Å². The third-order valence-corrected chi connectivity index (χ3v) is 6.44. The molecule has 5 nitrogen and oxygen atoms in total. The van der Waals surface area contributed by atoms with Crippen LogP contribution in [-0.2, 0) is 6.54 Å². The maximum absolute atomic E-state index is 12.9. The van der Waals surface area contributed by atoms with Crippen LogP contribution in [0.25, 0.3) is 11.1 Å². The Balaban J connectivity index is 1.57. The van der Waals surface area contributed by atoms with Crippen LogP contribution in [0.3, 0.4) is 0 Å². The quantitative estimate of drug-likeness (QED) is 0.689. The molecule has 27 heavy (non-hydrogen) atoms. The van der Waals surface area contributed by atoms with Gasteiger partial charge in [0, 0.05) is 60.8 Å². The van der Waals surface area contributed by atoms with Crippen LogP contribution in [0.4, 0.5) is 0 Å². The number of fused-ring (bicyclic) bond motifs is 4. The number of carbonyl (C=O) groups excluding carboxylic acids is 1. The Kier molecular flexibility index (Phi) is 3.93. The summed E-state index contributed by atoms with van der Waals surface area (Å²) in [5.41, 5.74) is 3.17. The smallest absolute Gasteiger partial charge is 0.263 e. The highest BCUT2D eigenvalue weighted by Crippen LogP contribution is 2.40. The molecule has 0 spiro atoms. The van der Waals surface area contributed by atoms with Crippen LogP contribution in [0.5, 0.6) is 0 Å². The second-order valence-electron chi connectivity index (χ2n) is 7.31. The number of hydrogen-bond donors (Lipinski definition) is 0. The van der Waals surface area contributed by atoms with E-state index in [1.807, 2.05) is 51.4 Å². The van der Waals surface area contributed by atoms with Crippen LogP contribution in [0.2, 0.25) is 0 Å². The molecular weight excluding hydrogens is 358 g/mol. The van der Waals surface area contributed by atoms with Crippen LogP contribution >= 0.6 is 11.3 Å². The molecule has 2 bridgehead atoms. The average Bonchev–Trinajstić information content (AvgIpc) is 3.23. The monoisotopic (exact) mass is 377 g/mol. The molecule has 0 aliphatic carbocycles. The number of rotatable bonds is 2. The van der Waals surface area contributed by atoms with Crippen LogP contribution in [0, 0.1) is 5.92 Å². The number of pyridine rings is 2. The van der Waals surface area contributed by atoms with Crippen molar-refractivity contribution in [3.8, 4) is 11.1 Å². The minimum Gasteiger partial charge on any atom is -0.337 e. The summed E-state index contributed by atoms with van der Waals surface area (Å²) < 4.78 is 1.92. The largest absolute Gasteiger partial charge is 0.337 e. The van der Waals surface area contributed by atoms with Gasteiger partial charge in [0.2, 0.25) is 0 Å². The zero-order valence-electron chi connectivity index (χ0n) is 14.7. The molecule has 2 atom stereocenters. The third-order valence-electron chi connectivity index (χ3n) is 5.58. The van der Waals surface area contributed by atoms with Gasteiger partial charge in [-0.2, -0.15) is 0 Å². The van der Waals surface area contributed by atoms with Crippen molar-refractivity contribution in [1.82, 2.24) is 14.5 Å². The Morgan fingerprint density at radius 1 is 1.11 bits per heavy atom. The Bertz CT molecular complexity index is 1040. The second-order valence-corrected chi connectivity index (χ2v) is 8.26. The first-order chi connectivity index (χ1) is 13.2. The first-order valence-corrected chi connectivity index (χ1v) is 10.1. The standard InChI is InChI=1S/C21H19N3O2S/c25-19-6-5-17(15-3-1-7-22-10-15)20-16-9-14(12-24(19)20)11-23(13-16)21(26)18-4-2-8-27-18/h1-8,10,14,16H,9,11-13H2/t14-,16-/m0/s1. The fourth-order valence-corrected chi connectivity index (χ4v) is 5.19. The first-order valence-electron chi connectivity index (χ1n) is 9.17. The molecule has 0 N–H and O–H groups in total. The number of piperidine rings is 1. The van der Waals surface area contributed by atoms with Gasteiger partial charge in [-0.15, -0.1) is 11.3 Å². The van der Waals surface area contributed by atoms with Gasteiger partial charge in [0.05, 0.1) is 4.88 Å². The van der Waals surface area contributed by atoms with Crippen LogP contribution in [-0.4, -0.2) is 33.4 Å². The summed E-state index contributed by atoms with van der Waals surface area (Å²) in [6, 6.07) is 11.3. The lowest BCUT2D eigenvalue weighted by Crippen LogP contribution is -2.49. The molecule has 6 heteroatoms. The van der Waals surface area contributed by atoms with E-state index >= 15 is 0 Å². The molecule has 0 radical (unpaired) electrons. The highest BCUT2D eigenvalue weighted by atomic mass is 32.1. The molecule has 5 rings (SSSR count). The third kappa shape index (κ3) is 2.80. The fraction of sp³-hybridized carbons (Fsp3) is 0.286. The van der Waals surface area contributed by atoms with Gasteiger partial charge in [-0.05, 0) is 35.9 Å². The SMILES string of the molecule is O=C(c1cccs1)N1C[C@@H]2C[C@@H](C1)c1c(-c3cccnc3)ccc(=O)n1C2. The van der Waals surface area contributed by atoms with Gasteiger partial charge in [-0.3, -0.25) is 14.6 Å². The Morgan fingerprint density at radius 3 is 2.81 bits per heavy atom. The topological polar surface area (TPSA) is 55.2 Å². The van der Waals surface area contributed by atoms with E-state index in [0.717, 1.165) is 34.7 Å². The summed E-state index contributed by atoms with van der Waals surface area (Å²) in [5.74, 6) is 0.599. The van der Waals surface area contributed by atoms with E-state index in [1.54, 1.807) is 12.3 Å². The van der Waals surface area contributed by atoms with Gasteiger partial charge < -0.3 is 9.47 Å². The Labute approximate surface area is 160 Å². The van der Waals surface area contributed by atoms with E-state index in [9.17, 15) is 9.59 Å². The van der Waals surface area contributed by atoms with E-state index in [2.05, 4.69) is 4.98 Å². The first kappa shape index (κ1) is 16.4. The van der Waals surface area contributed by atoms with Gasteiger partial charge in [-0.25, -0.2) is 0 Å². The lowest BCUT2D eigenvalue weighted by Gasteiger charge is -2.43. The molecule has 2 aliphatic heterocycles. The predicted molar refractivity (Wildman–Crippen MR) is 105 cm³/mol. The van der Waals surface area contributed by atoms with Gasteiger partial charge in [-0.1, -0.05) is 12.1 Å². The summed E-state index contributed by atoms with van der Waals surface area (Å²) >= 11 is 1.49. The lowest BCUT2D eigenvalue weighted by molar-refractivity contribution is 0.0600. The molecule has 0 aromatic carbocycles. The normalized spacial score (nSPS) is 21.0. The van der Waals surface area contributed by atoms with Crippen molar-refractivity contribution in [2.45, 2.75) is 18.9 Å². The number of thiophene rings is 1. The second kappa shape index (κ2) is 6.46. The predicted octanol–water partition coefficient (Wildman–Crippen LogP) is 3.23. The average molecular weight is 377 g/mol. The van der Waals surface area contributed by atoms with Crippen LogP contribution in [0.1, 0.15) is 27.7 Å². The molecule has 3 aromatic rings. The number of nitrogens with zero attached hydrogens (tertiary/aromatic N) is 3. The van der Waals surface area contributed by atoms with Gasteiger partial charge in [0.1, 0.15) is 0 Å². The zero-order chi connectivity index (χ0) is 18.4. The van der Waals surface area contributed by atoms with Crippen molar-refractivity contribution in [1.29, 1.82) is 0 Å². The van der Waals surface area contributed by atoms with E-state index in [0.29, 0.717) is 19.0 Å². The number of hydrogen-bond acceptors (Lipinski definition) is 4.